The van der Waals surface area contributed by atoms with Crippen LogP contribution in [0.2, 0.25) is 0 Å². The Kier molecular flexibility index (Phi) is 2.33. The van der Waals surface area contributed by atoms with Gasteiger partial charge in [-0.05, 0) is 28.8 Å². The van der Waals surface area contributed by atoms with E-state index in [-0.39, 0.29) is 0 Å². The number of rotatable bonds is 1. The minimum Gasteiger partial charge on any atom is -0.456 e. The monoisotopic (exact) mass is 282 g/mol. The van der Waals surface area contributed by atoms with Crippen molar-refractivity contribution in [1.82, 2.24) is 0 Å². The molecule has 1 unspecified atom stereocenters. The molecule has 3 aromatic carbocycles. The first-order chi connectivity index (χ1) is 10.9. The second-order valence-corrected chi connectivity index (χ2v) is 5.78. The zero-order valence-electron chi connectivity index (χ0n) is 12.0. The third-order valence-electron chi connectivity index (χ3n) is 4.57. The highest BCUT2D eigenvalue weighted by Crippen LogP contribution is 2.41. The first-order valence-corrected chi connectivity index (χ1v) is 7.59. The van der Waals surface area contributed by atoms with E-state index in [0.29, 0.717) is 5.92 Å². The second kappa shape index (κ2) is 4.35. The number of allylic oxidation sites excluding steroid dienone is 1. The van der Waals surface area contributed by atoms with Crippen LogP contribution in [-0.2, 0) is 0 Å². The molecule has 0 amide bonds. The molecule has 0 N–H and O–H groups in total. The van der Waals surface area contributed by atoms with Crippen molar-refractivity contribution in [2.75, 3.05) is 0 Å². The fourth-order valence-corrected chi connectivity index (χ4v) is 3.58. The van der Waals surface area contributed by atoms with Gasteiger partial charge in [-0.15, -0.1) is 0 Å². The van der Waals surface area contributed by atoms with E-state index in [1.54, 1.807) is 0 Å². The summed E-state index contributed by atoms with van der Waals surface area (Å²) in [5, 5.41) is 2.44. The predicted octanol–water partition coefficient (Wildman–Crippen LogP) is 5.74. The highest BCUT2D eigenvalue weighted by atomic mass is 16.3. The largest absolute Gasteiger partial charge is 0.456 e. The smallest absolute Gasteiger partial charge is 0.135 e. The minimum atomic E-state index is 0.306. The van der Waals surface area contributed by atoms with E-state index in [1.807, 2.05) is 12.1 Å². The molecule has 0 fully saturated rings. The van der Waals surface area contributed by atoms with Crippen LogP contribution in [-0.4, -0.2) is 0 Å². The topological polar surface area (TPSA) is 13.1 Å². The lowest BCUT2D eigenvalue weighted by molar-refractivity contribution is 0.668. The molecule has 0 saturated heterocycles. The molecular weight excluding hydrogens is 268 g/mol. The zero-order chi connectivity index (χ0) is 14.5. The van der Waals surface area contributed by atoms with Gasteiger partial charge < -0.3 is 4.42 Å². The predicted molar refractivity (Wildman–Crippen MR) is 91.0 cm³/mol. The van der Waals surface area contributed by atoms with Crippen molar-refractivity contribution >= 4 is 28.0 Å². The number of benzene rings is 3. The molecule has 1 heteroatoms. The van der Waals surface area contributed by atoms with Gasteiger partial charge in [0, 0.05) is 16.7 Å². The summed E-state index contributed by atoms with van der Waals surface area (Å²) in [6, 6.07) is 23.3. The summed E-state index contributed by atoms with van der Waals surface area (Å²) >= 11 is 0. The molecule has 104 valence electrons. The van der Waals surface area contributed by atoms with Crippen molar-refractivity contribution in [3.8, 4) is 0 Å². The SMILES string of the molecule is C1=CC(c2cccc3oc4ccccc4c23)c2ccccc21. The van der Waals surface area contributed by atoms with Gasteiger partial charge in [-0.3, -0.25) is 0 Å². The van der Waals surface area contributed by atoms with Gasteiger partial charge in [-0.1, -0.05) is 66.7 Å². The van der Waals surface area contributed by atoms with Crippen molar-refractivity contribution in [3.05, 3.63) is 89.5 Å². The van der Waals surface area contributed by atoms with E-state index < -0.39 is 0 Å². The highest BCUT2D eigenvalue weighted by Gasteiger charge is 2.22. The van der Waals surface area contributed by atoms with Crippen LogP contribution in [0.3, 0.4) is 0 Å². The maximum Gasteiger partial charge on any atom is 0.135 e. The second-order valence-electron chi connectivity index (χ2n) is 5.78. The molecule has 4 aromatic rings. The van der Waals surface area contributed by atoms with E-state index in [9.17, 15) is 0 Å². The summed E-state index contributed by atoms with van der Waals surface area (Å²) in [5.41, 5.74) is 5.94. The molecule has 1 heterocycles. The van der Waals surface area contributed by atoms with Crippen LogP contribution < -0.4 is 0 Å². The number of fused-ring (bicyclic) bond motifs is 4. The van der Waals surface area contributed by atoms with Gasteiger partial charge in [0.25, 0.3) is 0 Å². The highest BCUT2D eigenvalue weighted by molar-refractivity contribution is 6.07. The molecule has 0 bridgehead atoms. The standard InChI is InChI=1S/C21H14O/c1-2-7-15-14(6-1)12-13-16(15)17-9-5-11-20-21(17)18-8-3-4-10-19(18)22-20/h1-13,16H. The lowest BCUT2D eigenvalue weighted by Gasteiger charge is -2.12. The molecule has 1 aromatic heterocycles. The van der Waals surface area contributed by atoms with Gasteiger partial charge in [0.2, 0.25) is 0 Å². The molecular formula is C21H14O. The van der Waals surface area contributed by atoms with E-state index in [0.717, 1.165) is 11.2 Å². The molecule has 5 rings (SSSR count). The van der Waals surface area contributed by atoms with E-state index in [1.165, 1.54) is 27.5 Å². The number of para-hydroxylation sites is 1. The van der Waals surface area contributed by atoms with Gasteiger partial charge in [0.05, 0.1) is 0 Å². The molecule has 22 heavy (non-hydrogen) atoms. The van der Waals surface area contributed by atoms with Crippen molar-refractivity contribution in [1.29, 1.82) is 0 Å². The van der Waals surface area contributed by atoms with Crippen molar-refractivity contribution in [3.63, 3.8) is 0 Å². The fraction of sp³-hybridized carbons (Fsp3) is 0.0476. The van der Waals surface area contributed by atoms with E-state index in [2.05, 4.69) is 66.7 Å². The lowest BCUT2D eigenvalue weighted by Crippen LogP contribution is -1.96. The Bertz CT molecular complexity index is 1040. The Balaban J connectivity index is 1.84. The van der Waals surface area contributed by atoms with Gasteiger partial charge >= 0.3 is 0 Å². The summed E-state index contributed by atoms with van der Waals surface area (Å²) in [6.45, 7) is 0. The van der Waals surface area contributed by atoms with Gasteiger partial charge in [0.15, 0.2) is 0 Å². The third kappa shape index (κ3) is 1.54. The lowest BCUT2D eigenvalue weighted by atomic mass is 9.90. The Morgan fingerprint density at radius 1 is 0.682 bits per heavy atom. The van der Waals surface area contributed by atoms with Crippen LogP contribution in [0.1, 0.15) is 22.6 Å². The first-order valence-electron chi connectivity index (χ1n) is 7.59. The maximum atomic E-state index is 6.02. The molecule has 1 aliphatic rings. The van der Waals surface area contributed by atoms with Crippen LogP contribution in [0.5, 0.6) is 0 Å². The summed E-state index contributed by atoms with van der Waals surface area (Å²) in [7, 11) is 0. The number of furan rings is 1. The summed E-state index contributed by atoms with van der Waals surface area (Å²) in [6.07, 6.45) is 4.52. The quantitative estimate of drug-likeness (QED) is 0.433. The number of hydrogen-bond acceptors (Lipinski definition) is 1. The first kappa shape index (κ1) is 11.8. The van der Waals surface area contributed by atoms with Crippen molar-refractivity contribution < 1.29 is 4.42 Å². The maximum absolute atomic E-state index is 6.02. The minimum absolute atomic E-state index is 0.306. The molecule has 1 aliphatic carbocycles. The van der Waals surface area contributed by atoms with Gasteiger partial charge in [0.1, 0.15) is 11.2 Å². The Morgan fingerprint density at radius 3 is 2.45 bits per heavy atom. The molecule has 1 nitrogen and oxygen atoms in total. The molecule has 0 radical (unpaired) electrons. The average Bonchev–Trinajstić information content (AvgIpc) is 3.16. The van der Waals surface area contributed by atoms with Crippen LogP contribution in [0, 0.1) is 0 Å². The summed E-state index contributed by atoms with van der Waals surface area (Å²) in [5.74, 6) is 0.306. The van der Waals surface area contributed by atoms with Crippen LogP contribution in [0.4, 0.5) is 0 Å². The number of hydrogen-bond donors (Lipinski definition) is 0. The average molecular weight is 282 g/mol. The summed E-state index contributed by atoms with van der Waals surface area (Å²) < 4.78 is 6.02. The van der Waals surface area contributed by atoms with Crippen LogP contribution >= 0.6 is 0 Å². The van der Waals surface area contributed by atoms with Crippen LogP contribution in [0.25, 0.3) is 28.0 Å². The zero-order valence-corrected chi connectivity index (χ0v) is 12.0. The Labute approximate surface area is 128 Å². The van der Waals surface area contributed by atoms with E-state index in [4.69, 9.17) is 4.42 Å². The Morgan fingerprint density at radius 2 is 1.45 bits per heavy atom. The van der Waals surface area contributed by atoms with Crippen molar-refractivity contribution in [2.45, 2.75) is 5.92 Å². The van der Waals surface area contributed by atoms with Crippen LogP contribution in [0.15, 0.2) is 77.2 Å². The molecule has 1 atom stereocenters. The molecule has 0 aliphatic heterocycles. The Hall–Kier alpha value is -2.80. The van der Waals surface area contributed by atoms with Crippen molar-refractivity contribution in [2.24, 2.45) is 0 Å². The molecule has 0 saturated carbocycles. The third-order valence-corrected chi connectivity index (χ3v) is 4.57. The molecule has 0 spiro atoms. The summed E-state index contributed by atoms with van der Waals surface area (Å²) in [4.78, 5) is 0. The fourth-order valence-electron chi connectivity index (χ4n) is 3.58. The normalized spacial score (nSPS) is 16.5. The van der Waals surface area contributed by atoms with E-state index >= 15 is 0 Å². The van der Waals surface area contributed by atoms with Gasteiger partial charge in [-0.2, -0.15) is 0 Å². The van der Waals surface area contributed by atoms with Gasteiger partial charge in [-0.25, -0.2) is 0 Å².